The van der Waals surface area contributed by atoms with Crippen molar-refractivity contribution >= 4 is 17.7 Å². The lowest BCUT2D eigenvalue weighted by molar-refractivity contribution is 0.102. The molecule has 8 nitrogen and oxygen atoms in total. The quantitative estimate of drug-likeness (QED) is 0.672. The number of hydrogen-bond acceptors (Lipinski definition) is 7. The zero-order chi connectivity index (χ0) is 19.4. The minimum absolute atomic E-state index is 0.184. The molecule has 0 aliphatic carbocycles. The highest BCUT2D eigenvalue weighted by molar-refractivity contribution is 6.03. The fourth-order valence-electron chi connectivity index (χ4n) is 2.06. The van der Waals surface area contributed by atoms with Crippen LogP contribution >= 0.6 is 0 Å². The monoisotopic (exact) mass is 362 g/mol. The Balaban J connectivity index is 1.74. The summed E-state index contributed by atoms with van der Waals surface area (Å²) in [5.74, 6) is 6.67. The third kappa shape index (κ3) is 4.67. The maximum atomic E-state index is 12.4. The second-order valence-electron chi connectivity index (χ2n) is 6.82. The summed E-state index contributed by atoms with van der Waals surface area (Å²) in [5, 5.41) is 6.57. The summed E-state index contributed by atoms with van der Waals surface area (Å²) in [6.45, 7) is 5.99. The third-order valence-corrected chi connectivity index (χ3v) is 3.51. The molecule has 0 atom stereocenters. The smallest absolute Gasteiger partial charge is 0.258 e. The standard InChI is InChI=1S/C19H18N6O2/c1-19(2,3)15-7-16(25-27-15)24-17(26)14-6-12(8-21-11-14)4-5-13-9-22-18(20)23-10-13/h6-11H,1-3H3,(H2,20,22,23)(H,24,25,26). The average Bonchev–Trinajstić information content (AvgIpc) is 3.10. The van der Waals surface area contributed by atoms with E-state index in [0.717, 1.165) is 0 Å². The molecule has 0 fully saturated rings. The Hall–Kier alpha value is -3.73. The highest BCUT2D eigenvalue weighted by Gasteiger charge is 2.20. The number of amides is 1. The SMILES string of the molecule is CC(C)(C)c1cc(NC(=O)c2cncc(C#Cc3cnc(N)nc3)c2)no1. The number of carbonyl (C=O) groups excluding carboxylic acids is 1. The Morgan fingerprint density at radius 1 is 1.07 bits per heavy atom. The van der Waals surface area contributed by atoms with E-state index in [-0.39, 0.29) is 17.3 Å². The Morgan fingerprint density at radius 3 is 2.44 bits per heavy atom. The van der Waals surface area contributed by atoms with E-state index in [4.69, 9.17) is 10.3 Å². The van der Waals surface area contributed by atoms with Gasteiger partial charge in [0.05, 0.1) is 11.1 Å². The van der Waals surface area contributed by atoms with Gasteiger partial charge in [0.2, 0.25) is 5.95 Å². The molecule has 0 saturated heterocycles. The molecule has 0 aromatic carbocycles. The van der Waals surface area contributed by atoms with Crippen molar-refractivity contribution in [3.8, 4) is 11.8 Å². The molecule has 0 aliphatic heterocycles. The number of hydrogen-bond donors (Lipinski definition) is 2. The van der Waals surface area contributed by atoms with Crippen molar-refractivity contribution in [3.05, 3.63) is 59.4 Å². The molecular weight excluding hydrogens is 344 g/mol. The van der Waals surface area contributed by atoms with Crippen LogP contribution < -0.4 is 11.1 Å². The van der Waals surface area contributed by atoms with Crippen molar-refractivity contribution in [1.82, 2.24) is 20.1 Å². The van der Waals surface area contributed by atoms with Gasteiger partial charge in [0, 0.05) is 41.8 Å². The van der Waals surface area contributed by atoms with Crippen LogP contribution in [0.3, 0.4) is 0 Å². The van der Waals surface area contributed by atoms with E-state index < -0.39 is 0 Å². The topological polar surface area (TPSA) is 120 Å². The Labute approximate surface area is 156 Å². The normalized spacial score (nSPS) is 10.8. The fourth-order valence-corrected chi connectivity index (χ4v) is 2.06. The summed E-state index contributed by atoms with van der Waals surface area (Å²) in [5.41, 5.74) is 6.79. The van der Waals surface area contributed by atoms with Gasteiger partial charge in [-0.05, 0) is 6.07 Å². The molecule has 3 aromatic heterocycles. The van der Waals surface area contributed by atoms with Crippen LogP contribution in [0, 0.1) is 11.8 Å². The molecule has 3 aromatic rings. The number of rotatable bonds is 2. The molecule has 1 amide bonds. The predicted octanol–water partition coefficient (Wildman–Crippen LogP) is 2.39. The Kier molecular flexibility index (Phi) is 4.86. The highest BCUT2D eigenvalue weighted by atomic mass is 16.5. The fraction of sp³-hybridized carbons (Fsp3) is 0.211. The molecule has 0 spiro atoms. The van der Waals surface area contributed by atoms with Crippen LogP contribution in [-0.4, -0.2) is 26.0 Å². The average molecular weight is 362 g/mol. The van der Waals surface area contributed by atoms with E-state index in [1.165, 1.54) is 18.6 Å². The Bertz CT molecular complexity index is 1020. The van der Waals surface area contributed by atoms with Crippen molar-refractivity contribution in [2.24, 2.45) is 0 Å². The zero-order valence-corrected chi connectivity index (χ0v) is 15.1. The molecule has 0 unspecified atom stereocenters. The van der Waals surface area contributed by atoms with Gasteiger partial charge < -0.3 is 15.6 Å². The van der Waals surface area contributed by atoms with Gasteiger partial charge in [0.1, 0.15) is 5.76 Å². The van der Waals surface area contributed by atoms with E-state index in [0.29, 0.717) is 28.3 Å². The summed E-state index contributed by atoms with van der Waals surface area (Å²) in [6, 6.07) is 3.34. The summed E-state index contributed by atoms with van der Waals surface area (Å²) >= 11 is 0. The van der Waals surface area contributed by atoms with Crippen molar-refractivity contribution in [3.63, 3.8) is 0 Å². The molecule has 3 N–H and O–H groups in total. The van der Waals surface area contributed by atoms with Gasteiger partial charge in [-0.15, -0.1) is 0 Å². The van der Waals surface area contributed by atoms with Crippen LogP contribution in [0.4, 0.5) is 11.8 Å². The predicted molar refractivity (Wildman–Crippen MR) is 99.8 cm³/mol. The van der Waals surface area contributed by atoms with Gasteiger partial charge in [0.25, 0.3) is 5.91 Å². The van der Waals surface area contributed by atoms with Gasteiger partial charge in [-0.2, -0.15) is 0 Å². The summed E-state index contributed by atoms with van der Waals surface area (Å²) in [4.78, 5) is 24.2. The minimum Gasteiger partial charge on any atom is -0.368 e. The van der Waals surface area contributed by atoms with Crippen LogP contribution in [0.5, 0.6) is 0 Å². The van der Waals surface area contributed by atoms with Crippen molar-refractivity contribution in [2.45, 2.75) is 26.2 Å². The lowest BCUT2D eigenvalue weighted by Gasteiger charge is -2.12. The largest absolute Gasteiger partial charge is 0.368 e. The van der Waals surface area contributed by atoms with E-state index in [9.17, 15) is 4.79 Å². The molecule has 0 bridgehead atoms. The highest BCUT2D eigenvalue weighted by Crippen LogP contribution is 2.24. The Morgan fingerprint density at radius 2 is 1.78 bits per heavy atom. The number of carbonyl (C=O) groups is 1. The van der Waals surface area contributed by atoms with E-state index >= 15 is 0 Å². The first-order valence-corrected chi connectivity index (χ1v) is 8.14. The van der Waals surface area contributed by atoms with Crippen LogP contribution in [0.25, 0.3) is 0 Å². The molecule has 0 saturated carbocycles. The zero-order valence-electron chi connectivity index (χ0n) is 15.1. The molecule has 0 radical (unpaired) electrons. The number of aromatic nitrogens is 4. The first-order chi connectivity index (χ1) is 12.8. The van der Waals surface area contributed by atoms with E-state index in [2.05, 4.69) is 37.3 Å². The van der Waals surface area contributed by atoms with Crippen LogP contribution in [0.1, 0.15) is 48.0 Å². The number of nitrogens with zero attached hydrogens (tertiary/aromatic N) is 4. The van der Waals surface area contributed by atoms with E-state index in [1.807, 2.05) is 20.8 Å². The maximum absolute atomic E-state index is 12.4. The molecule has 136 valence electrons. The number of nitrogens with two attached hydrogens (primary N) is 1. The van der Waals surface area contributed by atoms with Gasteiger partial charge in [0.15, 0.2) is 5.82 Å². The minimum atomic E-state index is -0.351. The second-order valence-corrected chi connectivity index (χ2v) is 6.82. The summed E-state index contributed by atoms with van der Waals surface area (Å²) in [6.07, 6.45) is 6.07. The molecular formula is C19H18N6O2. The lowest BCUT2D eigenvalue weighted by Crippen LogP contribution is -2.13. The van der Waals surface area contributed by atoms with Crippen LogP contribution in [-0.2, 0) is 5.41 Å². The van der Waals surface area contributed by atoms with Gasteiger partial charge in [-0.1, -0.05) is 37.8 Å². The van der Waals surface area contributed by atoms with Crippen molar-refractivity contribution in [2.75, 3.05) is 11.1 Å². The van der Waals surface area contributed by atoms with Gasteiger partial charge >= 0.3 is 0 Å². The van der Waals surface area contributed by atoms with Gasteiger partial charge in [-0.3, -0.25) is 9.78 Å². The van der Waals surface area contributed by atoms with Crippen molar-refractivity contribution < 1.29 is 9.32 Å². The second kappa shape index (κ2) is 7.25. The molecule has 0 aliphatic rings. The van der Waals surface area contributed by atoms with Crippen molar-refractivity contribution in [1.29, 1.82) is 0 Å². The van der Waals surface area contributed by atoms with Crippen LogP contribution in [0.2, 0.25) is 0 Å². The molecule has 27 heavy (non-hydrogen) atoms. The summed E-state index contributed by atoms with van der Waals surface area (Å²) < 4.78 is 5.26. The molecule has 8 heteroatoms. The first kappa shape index (κ1) is 18.1. The number of nitrogen functional groups attached to an aromatic ring is 1. The number of anilines is 2. The summed E-state index contributed by atoms with van der Waals surface area (Å²) in [7, 11) is 0. The van der Waals surface area contributed by atoms with Crippen LogP contribution in [0.15, 0.2) is 41.4 Å². The first-order valence-electron chi connectivity index (χ1n) is 8.14. The van der Waals surface area contributed by atoms with Gasteiger partial charge in [-0.25, -0.2) is 9.97 Å². The lowest BCUT2D eigenvalue weighted by atomic mass is 9.93. The third-order valence-electron chi connectivity index (χ3n) is 3.51. The molecule has 3 rings (SSSR count). The maximum Gasteiger partial charge on any atom is 0.258 e. The van der Waals surface area contributed by atoms with E-state index in [1.54, 1.807) is 18.3 Å². The number of nitrogens with one attached hydrogen (secondary N) is 1. The molecule has 3 heterocycles. The number of pyridine rings is 1.